The molecule has 25 heavy (non-hydrogen) atoms. The van der Waals surface area contributed by atoms with Crippen LogP contribution in [0.1, 0.15) is 17.2 Å². The van der Waals surface area contributed by atoms with E-state index in [9.17, 15) is 13.2 Å². The predicted molar refractivity (Wildman–Crippen MR) is 99.1 cm³/mol. The molecular weight excluding hydrogens is 356 g/mol. The van der Waals surface area contributed by atoms with Gasteiger partial charge in [-0.1, -0.05) is 30.3 Å². The molecule has 3 rings (SSSR count). The third-order valence-electron chi connectivity index (χ3n) is 4.28. The first-order chi connectivity index (χ1) is 12.1. The van der Waals surface area contributed by atoms with Gasteiger partial charge in [0.25, 0.3) is 0 Å². The molecule has 0 radical (unpaired) electrons. The van der Waals surface area contributed by atoms with Crippen LogP contribution in [0.15, 0.2) is 59.8 Å². The van der Waals surface area contributed by atoms with Gasteiger partial charge in [-0.3, -0.25) is 9.78 Å². The molecule has 2 heterocycles. The van der Waals surface area contributed by atoms with Crippen LogP contribution in [0.3, 0.4) is 0 Å². The maximum atomic E-state index is 12.6. The number of nitrogens with zero attached hydrogens (tertiary/aromatic N) is 2. The van der Waals surface area contributed by atoms with E-state index >= 15 is 0 Å². The van der Waals surface area contributed by atoms with Gasteiger partial charge < -0.3 is 4.90 Å². The fourth-order valence-corrected chi connectivity index (χ4v) is 5.49. The van der Waals surface area contributed by atoms with Crippen molar-refractivity contribution in [1.29, 1.82) is 0 Å². The lowest BCUT2D eigenvalue weighted by molar-refractivity contribution is -0.128. The molecule has 2 aromatic rings. The van der Waals surface area contributed by atoms with E-state index in [0.29, 0.717) is 18.7 Å². The Hall–Kier alpha value is -1.86. The Morgan fingerprint density at radius 3 is 2.56 bits per heavy atom. The second-order valence-corrected chi connectivity index (χ2v) is 9.26. The Morgan fingerprint density at radius 2 is 1.84 bits per heavy atom. The molecule has 0 N–H and O–H groups in total. The van der Waals surface area contributed by atoms with Gasteiger partial charge in [-0.2, -0.15) is 0 Å². The first-order valence-electron chi connectivity index (χ1n) is 8.13. The van der Waals surface area contributed by atoms with Crippen LogP contribution in [0.5, 0.6) is 0 Å². The van der Waals surface area contributed by atoms with Crippen molar-refractivity contribution in [2.75, 3.05) is 24.6 Å². The number of benzene rings is 1. The van der Waals surface area contributed by atoms with Gasteiger partial charge >= 0.3 is 0 Å². The first kappa shape index (κ1) is 17.9. The number of aromatic nitrogens is 1. The molecule has 1 fully saturated rings. The molecule has 1 saturated heterocycles. The predicted octanol–water partition coefficient (Wildman–Crippen LogP) is 2.56. The van der Waals surface area contributed by atoms with Gasteiger partial charge in [-0.15, -0.1) is 11.8 Å². The lowest BCUT2D eigenvalue weighted by Gasteiger charge is -2.19. The zero-order chi connectivity index (χ0) is 17.7. The number of thioether (sulfide) groups is 1. The summed E-state index contributed by atoms with van der Waals surface area (Å²) in [6.45, 7) is 0.732. The van der Waals surface area contributed by atoms with Crippen molar-refractivity contribution >= 4 is 27.5 Å². The van der Waals surface area contributed by atoms with Gasteiger partial charge in [0.1, 0.15) is 0 Å². The standard InChI is InChI=1S/C18H20N2O3S2/c21-18(14-24-16-6-9-19-10-7-16)20-11-8-17(25(22,23)13-12-20)15-4-2-1-3-5-15/h1-7,9-10,17H,8,11-14H2/t17-/m1/s1. The van der Waals surface area contributed by atoms with Gasteiger partial charge in [-0.05, 0) is 24.1 Å². The molecule has 1 amide bonds. The molecule has 0 saturated carbocycles. The summed E-state index contributed by atoms with van der Waals surface area (Å²) < 4.78 is 25.2. The molecule has 0 spiro atoms. The summed E-state index contributed by atoms with van der Waals surface area (Å²) in [6.07, 6.45) is 3.82. The molecule has 5 nitrogen and oxygen atoms in total. The van der Waals surface area contributed by atoms with Crippen molar-refractivity contribution in [2.24, 2.45) is 0 Å². The normalized spacial score (nSPS) is 20.0. The summed E-state index contributed by atoms with van der Waals surface area (Å²) in [4.78, 5) is 19.1. The number of amides is 1. The molecule has 0 bridgehead atoms. The van der Waals surface area contributed by atoms with Crippen molar-refractivity contribution < 1.29 is 13.2 Å². The lowest BCUT2D eigenvalue weighted by Crippen LogP contribution is -2.34. The fourth-order valence-electron chi connectivity index (χ4n) is 2.91. The smallest absolute Gasteiger partial charge is 0.232 e. The van der Waals surface area contributed by atoms with Crippen LogP contribution in [-0.2, 0) is 14.6 Å². The maximum Gasteiger partial charge on any atom is 0.232 e. The van der Waals surface area contributed by atoms with Crippen molar-refractivity contribution in [3.63, 3.8) is 0 Å². The Bertz CT molecular complexity index is 811. The second kappa shape index (κ2) is 8.01. The van der Waals surface area contributed by atoms with Crippen molar-refractivity contribution in [2.45, 2.75) is 16.6 Å². The zero-order valence-corrected chi connectivity index (χ0v) is 15.4. The van der Waals surface area contributed by atoms with Gasteiger partial charge in [0.2, 0.25) is 5.91 Å². The third kappa shape index (κ3) is 4.61. The van der Waals surface area contributed by atoms with Crippen LogP contribution in [0.2, 0.25) is 0 Å². The molecule has 1 aromatic heterocycles. The topological polar surface area (TPSA) is 67.3 Å². The molecule has 0 aliphatic carbocycles. The summed E-state index contributed by atoms with van der Waals surface area (Å²) in [6, 6.07) is 13.0. The van der Waals surface area contributed by atoms with Crippen molar-refractivity contribution in [3.05, 3.63) is 60.4 Å². The average molecular weight is 377 g/mol. The highest BCUT2D eigenvalue weighted by atomic mass is 32.2. The van der Waals surface area contributed by atoms with E-state index in [4.69, 9.17) is 0 Å². The lowest BCUT2D eigenvalue weighted by atomic mass is 10.1. The number of carbonyl (C=O) groups excluding carboxylic acids is 1. The molecular formula is C18H20N2O3S2. The Labute approximate surface area is 152 Å². The highest BCUT2D eigenvalue weighted by Gasteiger charge is 2.32. The number of rotatable bonds is 4. The van der Waals surface area contributed by atoms with Gasteiger partial charge in [0.05, 0.1) is 16.8 Å². The number of pyridine rings is 1. The highest BCUT2D eigenvalue weighted by molar-refractivity contribution is 8.00. The summed E-state index contributed by atoms with van der Waals surface area (Å²) in [7, 11) is -3.26. The number of carbonyl (C=O) groups is 1. The molecule has 132 valence electrons. The van der Waals surface area contributed by atoms with Crippen LogP contribution >= 0.6 is 11.8 Å². The highest BCUT2D eigenvalue weighted by Crippen LogP contribution is 2.29. The minimum Gasteiger partial charge on any atom is -0.341 e. The van der Waals surface area contributed by atoms with E-state index in [1.54, 1.807) is 17.3 Å². The largest absolute Gasteiger partial charge is 0.341 e. The number of hydrogen-bond donors (Lipinski definition) is 0. The maximum absolute atomic E-state index is 12.6. The van der Waals surface area contributed by atoms with Gasteiger partial charge in [0, 0.05) is 30.4 Å². The van der Waals surface area contributed by atoms with Crippen LogP contribution in [0.4, 0.5) is 0 Å². The Kier molecular flexibility index (Phi) is 5.75. The minimum absolute atomic E-state index is 0.0121. The van der Waals surface area contributed by atoms with Gasteiger partial charge in [-0.25, -0.2) is 8.42 Å². The van der Waals surface area contributed by atoms with E-state index in [2.05, 4.69) is 4.98 Å². The Morgan fingerprint density at radius 1 is 1.12 bits per heavy atom. The van der Waals surface area contributed by atoms with E-state index < -0.39 is 15.1 Å². The molecule has 1 aliphatic heterocycles. The van der Waals surface area contributed by atoms with Crippen LogP contribution in [-0.4, -0.2) is 48.8 Å². The summed E-state index contributed by atoms with van der Waals surface area (Å²) in [5, 5.41) is -0.528. The molecule has 0 unspecified atom stereocenters. The van der Waals surface area contributed by atoms with Crippen molar-refractivity contribution in [1.82, 2.24) is 9.88 Å². The van der Waals surface area contributed by atoms with Crippen LogP contribution in [0.25, 0.3) is 0 Å². The Balaban J connectivity index is 1.65. The van der Waals surface area contributed by atoms with Gasteiger partial charge in [0.15, 0.2) is 9.84 Å². The number of hydrogen-bond acceptors (Lipinski definition) is 5. The van der Waals surface area contributed by atoms with Crippen molar-refractivity contribution in [3.8, 4) is 0 Å². The minimum atomic E-state index is -3.26. The van der Waals surface area contributed by atoms with E-state index in [-0.39, 0.29) is 18.2 Å². The fraction of sp³-hybridized carbons (Fsp3) is 0.333. The SMILES string of the molecule is O=C(CSc1ccncc1)N1CC[C@H](c2ccccc2)S(=O)(=O)CC1. The van der Waals surface area contributed by atoms with E-state index in [1.165, 1.54) is 11.8 Å². The summed E-state index contributed by atoms with van der Waals surface area (Å²) in [5.74, 6) is 0.295. The molecule has 1 aliphatic rings. The molecule has 7 heteroatoms. The average Bonchev–Trinajstić information content (AvgIpc) is 2.79. The quantitative estimate of drug-likeness (QED) is 0.767. The van der Waals surface area contributed by atoms with E-state index in [0.717, 1.165) is 10.5 Å². The zero-order valence-electron chi connectivity index (χ0n) is 13.7. The number of sulfone groups is 1. The summed E-state index contributed by atoms with van der Waals surface area (Å²) in [5.41, 5.74) is 0.808. The molecule has 1 aromatic carbocycles. The third-order valence-corrected chi connectivity index (χ3v) is 7.40. The second-order valence-electron chi connectivity index (χ2n) is 5.91. The first-order valence-corrected chi connectivity index (χ1v) is 10.8. The summed E-state index contributed by atoms with van der Waals surface area (Å²) >= 11 is 1.45. The van der Waals surface area contributed by atoms with Crippen LogP contribution < -0.4 is 0 Å². The van der Waals surface area contributed by atoms with E-state index in [1.807, 2.05) is 42.5 Å². The molecule has 1 atom stereocenters. The van der Waals surface area contributed by atoms with Crippen LogP contribution in [0, 0.1) is 0 Å². The monoisotopic (exact) mass is 376 g/mol.